The molecule has 0 bridgehead atoms. The predicted molar refractivity (Wildman–Crippen MR) is 58.5 cm³/mol. The Morgan fingerprint density at radius 3 is 3.00 bits per heavy atom. The van der Waals surface area contributed by atoms with E-state index in [-0.39, 0.29) is 11.6 Å². The number of imidazole rings is 1. The Morgan fingerprint density at radius 1 is 1.62 bits per heavy atom. The minimum Gasteiger partial charge on any atom is -0.494 e. The fourth-order valence-electron chi connectivity index (χ4n) is 1.60. The van der Waals surface area contributed by atoms with E-state index in [1.165, 1.54) is 10.7 Å². The first-order valence-electron chi connectivity index (χ1n) is 4.70. The van der Waals surface area contributed by atoms with Crippen LogP contribution in [-0.4, -0.2) is 25.4 Å². The summed E-state index contributed by atoms with van der Waals surface area (Å²) < 4.78 is 1.40. The molecule has 2 rings (SSSR count). The van der Waals surface area contributed by atoms with Crippen LogP contribution in [0.3, 0.4) is 0 Å². The molecule has 0 saturated carbocycles. The van der Waals surface area contributed by atoms with E-state index in [1.807, 2.05) is 6.07 Å². The zero-order valence-corrected chi connectivity index (χ0v) is 9.36. The zero-order chi connectivity index (χ0) is 11.7. The minimum atomic E-state index is 0.0529. The zero-order valence-electron chi connectivity index (χ0n) is 8.61. The van der Waals surface area contributed by atoms with Crippen LogP contribution in [0.4, 0.5) is 0 Å². The van der Waals surface area contributed by atoms with Crippen molar-refractivity contribution in [2.24, 2.45) is 0 Å². The van der Waals surface area contributed by atoms with Gasteiger partial charge in [0.25, 0.3) is 0 Å². The molecule has 82 valence electrons. The van der Waals surface area contributed by atoms with Crippen LogP contribution in [-0.2, 0) is 6.42 Å². The van der Waals surface area contributed by atoms with Crippen LogP contribution < -0.4 is 0 Å². The highest BCUT2D eigenvalue weighted by Crippen LogP contribution is 2.23. The molecule has 0 atom stereocenters. The van der Waals surface area contributed by atoms with Crippen molar-refractivity contribution >= 4 is 17.2 Å². The van der Waals surface area contributed by atoms with Crippen molar-refractivity contribution in [2.75, 3.05) is 5.88 Å². The summed E-state index contributed by atoms with van der Waals surface area (Å²) >= 11 is 5.65. The number of aryl methyl sites for hydroxylation is 1. The topological polar surface area (TPSA) is 74.2 Å². The normalized spacial score (nSPS) is 10.6. The Bertz CT molecular complexity index is 584. The third kappa shape index (κ3) is 1.48. The Balaban J connectivity index is 2.76. The fraction of sp³-hybridized carbons (Fsp3) is 0.300. The summed E-state index contributed by atoms with van der Waals surface area (Å²) in [6.45, 7) is 1.77. The van der Waals surface area contributed by atoms with Gasteiger partial charge in [0, 0.05) is 17.1 Å². The van der Waals surface area contributed by atoms with E-state index in [4.69, 9.17) is 16.9 Å². The first-order valence-corrected chi connectivity index (χ1v) is 5.24. The third-order valence-electron chi connectivity index (χ3n) is 2.40. The first kappa shape index (κ1) is 10.7. The van der Waals surface area contributed by atoms with Gasteiger partial charge in [-0.3, -0.25) is 4.40 Å². The average molecular weight is 237 g/mol. The van der Waals surface area contributed by atoms with Gasteiger partial charge in [-0.1, -0.05) is 0 Å². The summed E-state index contributed by atoms with van der Waals surface area (Å²) in [5, 5.41) is 18.8. The first-order chi connectivity index (χ1) is 7.69. The Labute approximate surface area is 96.9 Å². The lowest BCUT2D eigenvalue weighted by Crippen LogP contribution is -2.01. The number of rotatable bonds is 2. The third-order valence-corrected chi connectivity index (χ3v) is 2.59. The Hall–Kier alpha value is -1.80. The lowest BCUT2D eigenvalue weighted by molar-refractivity contribution is 0.437. The molecule has 0 aliphatic rings. The molecule has 0 unspecified atom stereocenters. The van der Waals surface area contributed by atoms with Crippen LogP contribution in [0, 0.1) is 18.3 Å². The van der Waals surface area contributed by atoms with Crippen LogP contribution in [0.5, 0.6) is 5.88 Å². The molecule has 0 saturated heterocycles. The van der Waals surface area contributed by atoms with Crippen molar-refractivity contribution in [1.82, 2.24) is 14.4 Å². The number of nitriles is 1. The van der Waals surface area contributed by atoms with Gasteiger partial charge in [-0.15, -0.1) is 11.6 Å². The fourth-order valence-corrected chi connectivity index (χ4v) is 1.79. The number of fused-ring (bicyclic) bond motifs is 1. The van der Waals surface area contributed by atoms with Gasteiger partial charge in [0.2, 0.25) is 5.88 Å². The van der Waals surface area contributed by atoms with Gasteiger partial charge >= 0.3 is 0 Å². The van der Waals surface area contributed by atoms with Gasteiger partial charge in [0.05, 0.1) is 0 Å². The predicted octanol–water partition coefficient (Wildman–Crippen LogP) is 1.40. The van der Waals surface area contributed by atoms with Crippen molar-refractivity contribution in [3.8, 4) is 11.9 Å². The molecule has 16 heavy (non-hydrogen) atoms. The molecule has 2 aromatic rings. The average Bonchev–Trinajstić information content (AvgIpc) is 2.67. The van der Waals surface area contributed by atoms with Crippen molar-refractivity contribution in [2.45, 2.75) is 13.3 Å². The largest absolute Gasteiger partial charge is 0.494 e. The Kier molecular flexibility index (Phi) is 2.67. The maximum absolute atomic E-state index is 9.99. The van der Waals surface area contributed by atoms with E-state index in [1.54, 1.807) is 6.92 Å². The summed E-state index contributed by atoms with van der Waals surface area (Å²) in [4.78, 5) is 8.11. The smallest absolute Gasteiger partial charge is 0.203 e. The van der Waals surface area contributed by atoms with E-state index < -0.39 is 0 Å². The second-order valence-electron chi connectivity index (χ2n) is 3.34. The summed E-state index contributed by atoms with van der Waals surface area (Å²) in [6.07, 6.45) is 1.91. The van der Waals surface area contributed by atoms with E-state index >= 15 is 0 Å². The van der Waals surface area contributed by atoms with Gasteiger partial charge in [0.1, 0.15) is 12.4 Å². The highest BCUT2D eigenvalue weighted by atomic mass is 35.5. The van der Waals surface area contributed by atoms with Crippen LogP contribution in [0.2, 0.25) is 0 Å². The second-order valence-corrected chi connectivity index (χ2v) is 3.71. The van der Waals surface area contributed by atoms with E-state index in [9.17, 15) is 5.11 Å². The summed E-state index contributed by atoms with van der Waals surface area (Å²) in [5.41, 5.74) is 1.93. The molecule has 0 aromatic carbocycles. The molecule has 0 fully saturated rings. The molecule has 0 aliphatic carbocycles. The lowest BCUT2D eigenvalue weighted by Gasteiger charge is -2.07. The number of halogens is 1. The minimum absolute atomic E-state index is 0.0529. The highest BCUT2D eigenvalue weighted by molar-refractivity contribution is 6.18. The molecule has 0 radical (unpaired) electrons. The number of aromatic hydroxyl groups is 1. The van der Waals surface area contributed by atoms with Crippen LogP contribution >= 0.6 is 11.6 Å². The highest BCUT2D eigenvalue weighted by Gasteiger charge is 2.14. The molecule has 0 amide bonds. The molecule has 2 aromatic heterocycles. The van der Waals surface area contributed by atoms with Gasteiger partial charge in [-0.25, -0.2) is 9.97 Å². The molecule has 6 heteroatoms. The second kappa shape index (κ2) is 3.99. The van der Waals surface area contributed by atoms with Crippen LogP contribution in [0.1, 0.15) is 17.0 Å². The van der Waals surface area contributed by atoms with E-state index in [0.29, 0.717) is 29.2 Å². The molecule has 1 N–H and O–H groups in total. The summed E-state index contributed by atoms with van der Waals surface area (Å²) in [5.74, 6) is 0.457. The van der Waals surface area contributed by atoms with Gasteiger partial charge < -0.3 is 5.11 Å². The van der Waals surface area contributed by atoms with Crippen molar-refractivity contribution in [3.05, 3.63) is 23.3 Å². The van der Waals surface area contributed by atoms with Crippen LogP contribution in [0.15, 0.2) is 6.33 Å². The van der Waals surface area contributed by atoms with Crippen molar-refractivity contribution in [1.29, 1.82) is 5.26 Å². The molecular weight excluding hydrogens is 228 g/mol. The quantitative estimate of drug-likeness (QED) is 0.800. The number of hydrogen-bond donors (Lipinski definition) is 1. The summed E-state index contributed by atoms with van der Waals surface area (Å²) in [7, 11) is 0. The number of hydrogen-bond acceptors (Lipinski definition) is 4. The van der Waals surface area contributed by atoms with Crippen molar-refractivity contribution < 1.29 is 5.11 Å². The number of aromatic nitrogens is 3. The Morgan fingerprint density at radius 2 is 2.38 bits per heavy atom. The van der Waals surface area contributed by atoms with Crippen molar-refractivity contribution in [3.63, 3.8) is 0 Å². The maximum Gasteiger partial charge on any atom is 0.203 e. The van der Waals surface area contributed by atoms with Gasteiger partial charge in [-0.2, -0.15) is 5.26 Å². The maximum atomic E-state index is 9.99. The van der Waals surface area contributed by atoms with Gasteiger partial charge in [0.15, 0.2) is 11.3 Å². The molecule has 2 heterocycles. The molecular formula is C10H9ClN4O. The standard InChI is InChI=1S/C10H9ClN4O/c1-6-7(2-3-11)10(16)15-5-13-8(4-12)9(15)14-6/h5,16H,2-3H2,1H3. The van der Waals surface area contributed by atoms with E-state index in [2.05, 4.69) is 9.97 Å². The monoisotopic (exact) mass is 236 g/mol. The van der Waals surface area contributed by atoms with E-state index in [0.717, 1.165) is 0 Å². The number of nitrogens with zero attached hydrogens (tertiary/aromatic N) is 4. The van der Waals surface area contributed by atoms with Gasteiger partial charge in [-0.05, 0) is 13.3 Å². The lowest BCUT2D eigenvalue weighted by atomic mass is 10.2. The van der Waals surface area contributed by atoms with Crippen LogP contribution in [0.25, 0.3) is 5.65 Å². The summed E-state index contributed by atoms with van der Waals surface area (Å²) in [6, 6.07) is 1.92. The molecule has 5 nitrogen and oxygen atoms in total. The number of alkyl halides is 1. The molecule has 0 aliphatic heterocycles. The SMILES string of the molecule is Cc1nc2c(C#N)ncn2c(O)c1CCCl. The molecule has 0 spiro atoms.